The fraction of sp³-hybridized carbons (Fsp3) is 0.615. The lowest BCUT2D eigenvalue weighted by Gasteiger charge is -2.19. The largest absolute Gasteiger partial charge is 0.362 e. The van der Waals surface area contributed by atoms with Crippen molar-refractivity contribution in [3.05, 3.63) is 11.1 Å². The van der Waals surface area contributed by atoms with Crippen LogP contribution in [0.5, 0.6) is 0 Å². The van der Waals surface area contributed by atoms with Crippen molar-refractivity contribution in [1.82, 2.24) is 15.2 Å². The molecule has 0 bridgehead atoms. The number of rotatable bonds is 4. The highest BCUT2D eigenvalue weighted by molar-refractivity contribution is 7.15. The van der Waals surface area contributed by atoms with Crippen molar-refractivity contribution < 1.29 is 9.59 Å². The molecule has 108 valence electrons. The maximum Gasteiger partial charge on any atom is 0.325 e. The summed E-state index contributed by atoms with van der Waals surface area (Å²) in [6.45, 7) is 3.12. The highest BCUT2D eigenvalue weighted by Crippen LogP contribution is 2.36. The molecule has 1 aromatic heterocycles. The van der Waals surface area contributed by atoms with Gasteiger partial charge < -0.3 is 10.6 Å². The van der Waals surface area contributed by atoms with Crippen LogP contribution in [0.2, 0.25) is 0 Å². The maximum absolute atomic E-state index is 12.5. The number of thiazole rings is 1. The number of nitrogens with one attached hydrogen (secondary N) is 2. The molecule has 7 heteroatoms. The molecule has 1 aliphatic heterocycles. The molecule has 0 aromatic carbocycles. The number of hydrogen-bond donors (Lipinski definition) is 2. The predicted octanol–water partition coefficient (Wildman–Crippen LogP) is 1.94. The van der Waals surface area contributed by atoms with E-state index in [1.807, 2.05) is 6.92 Å². The Morgan fingerprint density at radius 1 is 1.45 bits per heavy atom. The van der Waals surface area contributed by atoms with E-state index in [0.29, 0.717) is 6.54 Å². The van der Waals surface area contributed by atoms with Gasteiger partial charge in [0.25, 0.3) is 5.91 Å². The second-order valence-electron chi connectivity index (χ2n) is 5.27. The Hall–Kier alpha value is -1.63. The van der Waals surface area contributed by atoms with Crippen LogP contribution in [0.4, 0.5) is 9.93 Å². The Balaban J connectivity index is 1.73. The van der Waals surface area contributed by atoms with Crippen LogP contribution < -0.4 is 10.6 Å². The van der Waals surface area contributed by atoms with Crippen molar-refractivity contribution in [2.24, 2.45) is 0 Å². The van der Waals surface area contributed by atoms with Gasteiger partial charge in [-0.25, -0.2) is 9.78 Å². The maximum atomic E-state index is 12.5. The van der Waals surface area contributed by atoms with Crippen LogP contribution in [-0.4, -0.2) is 33.9 Å². The van der Waals surface area contributed by atoms with Crippen molar-refractivity contribution in [1.29, 1.82) is 0 Å². The van der Waals surface area contributed by atoms with Gasteiger partial charge in [-0.2, -0.15) is 0 Å². The van der Waals surface area contributed by atoms with Gasteiger partial charge in [0.05, 0.1) is 6.54 Å². The molecule has 1 saturated heterocycles. The topological polar surface area (TPSA) is 74.3 Å². The lowest BCUT2D eigenvalue weighted by atomic mass is 9.98. The summed E-state index contributed by atoms with van der Waals surface area (Å²) in [4.78, 5) is 31.0. The van der Waals surface area contributed by atoms with Gasteiger partial charge >= 0.3 is 6.03 Å². The second kappa shape index (κ2) is 5.05. The van der Waals surface area contributed by atoms with Crippen LogP contribution in [0.1, 0.15) is 37.5 Å². The first-order valence-electron chi connectivity index (χ1n) is 6.97. The minimum absolute atomic E-state index is 0.0709. The molecule has 3 rings (SSSR count). The summed E-state index contributed by atoms with van der Waals surface area (Å²) in [5.74, 6) is -0.0709. The molecule has 1 saturated carbocycles. The zero-order chi connectivity index (χ0) is 14.2. The Labute approximate surface area is 121 Å². The molecular weight excluding hydrogens is 276 g/mol. The van der Waals surface area contributed by atoms with Crippen molar-refractivity contribution in [3.8, 4) is 0 Å². The van der Waals surface area contributed by atoms with Crippen LogP contribution in [0.25, 0.3) is 0 Å². The third-order valence-electron chi connectivity index (χ3n) is 3.90. The number of aromatic nitrogens is 1. The molecule has 0 unspecified atom stereocenters. The molecule has 2 aliphatic rings. The number of hydrogen-bond acceptors (Lipinski definition) is 5. The molecule has 1 spiro atoms. The number of carbonyl (C=O) groups is 2. The second-order valence-corrected chi connectivity index (χ2v) is 6.39. The first-order valence-corrected chi connectivity index (χ1v) is 7.79. The summed E-state index contributed by atoms with van der Waals surface area (Å²) in [5.41, 5.74) is -0.619. The molecule has 1 aromatic rings. The molecule has 0 atom stereocenters. The van der Waals surface area contributed by atoms with Crippen molar-refractivity contribution in [2.75, 3.05) is 11.9 Å². The summed E-state index contributed by atoms with van der Waals surface area (Å²) >= 11 is 1.48. The van der Waals surface area contributed by atoms with Crippen molar-refractivity contribution in [3.63, 3.8) is 0 Å². The fourth-order valence-electron chi connectivity index (χ4n) is 2.91. The lowest BCUT2D eigenvalue weighted by molar-refractivity contribution is -0.131. The summed E-state index contributed by atoms with van der Waals surface area (Å²) in [7, 11) is 0. The zero-order valence-corrected chi connectivity index (χ0v) is 12.3. The monoisotopic (exact) mass is 294 g/mol. The van der Waals surface area contributed by atoms with E-state index >= 15 is 0 Å². The van der Waals surface area contributed by atoms with Crippen LogP contribution in [0, 0.1) is 0 Å². The standard InChI is InChI=1S/C13H18N4O2S/c1-2-14-11-15-7-9(20-11)8-17-10(18)13(16-12(17)19)5-3-4-6-13/h7H,2-6,8H2,1H3,(H,14,15)(H,16,19). The van der Waals surface area contributed by atoms with Gasteiger partial charge in [-0.1, -0.05) is 12.8 Å². The average molecular weight is 294 g/mol. The van der Waals surface area contributed by atoms with Crippen LogP contribution in [0.15, 0.2) is 6.20 Å². The first kappa shape index (κ1) is 13.4. The van der Waals surface area contributed by atoms with Crippen LogP contribution in [-0.2, 0) is 11.3 Å². The molecule has 6 nitrogen and oxygen atoms in total. The van der Waals surface area contributed by atoms with E-state index in [9.17, 15) is 9.59 Å². The fourth-order valence-corrected chi connectivity index (χ4v) is 3.78. The predicted molar refractivity (Wildman–Crippen MR) is 76.6 cm³/mol. The molecule has 20 heavy (non-hydrogen) atoms. The van der Waals surface area contributed by atoms with E-state index in [1.165, 1.54) is 16.2 Å². The number of anilines is 1. The minimum atomic E-state index is -0.619. The number of imide groups is 1. The summed E-state index contributed by atoms with van der Waals surface area (Å²) < 4.78 is 0. The van der Waals surface area contributed by atoms with Crippen LogP contribution >= 0.6 is 11.3 Å². The molecule has 2 heterocycles. The van der Waals surface area contributed by atoms with Gasteiger partial charge in [-0.3, -0.25) is 9.69 Å². The lowest BCUT2D eigenvalue weighted by Crippen LogP contribution is -2.44. The highest BCUT2D eigenvalue weighted by Gasteiger charge is 2.52. The van der Waals surface area contributed by atoms with Gasteiger partial charge in [-0.15, -0.1) is 11.3 Å². The quantitative estimate of drug-likeness (QED) is 0.832. The molecular formula is C13H18N4O2S. The summed E-state index contributed by atoms with van der Waals surface area (Å²) in [6, 6.07) is -0.268. The van der Waals surface area contributed by atoms with Crippen LogP contribution in [0.3, 0.4) is 0 Å². The van der Waals surface area contributed by atoms with E-state index in [4.69, 9.17) is 0 Å². The van der Waals surface area contributed by atoms with E-state index in [-0.39, 0.29) is 11.9 Å². The summed E-state index contributed by atoms with van der Waals surface area (Å²) in [6.07, 6.45) is 5.26. The highest BCUT2D eigenvalue weighted by atomic mass is 32.1. The SMILES string of the molecule is CCNc1ncc(CN2C(=O)NC3(CCCC3)C2=O)s1. The van der Waals surface area contributed by atoms with Gasteiger partial charge in [0, 0.05) is 17.6 Å². The molecule has 0 radical (unpaired) electrons. The molecule has 2 fully saturated rings. The summed E-state index contributed by atoms with van der Waals surface area (Å²) in [5, 5.41) is 6.84. The normalized spacial score (nSPS) is 20.8. The molecule has 2 N–H and O–H groups in total. The number of urea groups is 1. The number of carbonyl (C=O) groups excluding carboxylic acids is 2. The van der Waals surface area contributed by atoms with Gasteiger partial charge in [0.2, 0.25) is 0 Å². The minimum Gasteiger partial charge on any atom is -0.362 e. The Bertz CT molecular complexity index is 536. The van der Waals surface area contributed by atoms with Crippen molar-refractivity contribution in [2.45, 2.75) is 44.7 Å². The van der Waals surface area contributed by atoms with Gasteiger partial charge in [0.15, 0.2) is 5.13 Å². The van der Waals surface area contributed by atoms with Gasteiger partial charge in [0.1, 0.15) is 5.54 Å². The van der Waals surface area contributed by atoms with Crippen molar-refractivity contribution >= 4 is 28.4 Å². The zero-order valence-electron chi connectivity index (χ0n) is 11.4. The third-order valence-corrected chi connectivity index (χ3v) is 4.84. The average Bonchev–Trinajstić information content (AvgIpc) is 3.10. The Kier molecular flexibility index (Phi) is 3.37. The van der Waals surface area contributed by atoms with E-state index in [2.05, 4.69) is 15.6 Å². The smallest absolute Gasteiger partial charge is 0.325 e. The first-order chi connectivity index (χ1) is 9.64. The molecule has 1 aliphatic carbocycles. The third kappa shape index (κ3) is 2.15. The Morgan fingerprint density at radius 2 is 2.20 bits per heavy atom. The van der Waals surface area contributed by atoms with E-state index in [1.54, 1.807) is 6.20 Å². The molecule has 3 amide bonds. The number of amides is 3. The van der Waals surface area contributed by atoms with E-state index in [0.717, 1.165) is 42.2 Å². The van der Waals surface area contributed by atoms with E-state index < -0.39 is 5.54 Å². The van der Waals surface area contributed by atoms with Gasteiger partial charge in [-0.05, 0) is 19.8 Å². The number of nitrogens with zero attached hydrogens (tertiary/aromatic N) is 2. The Morgan fingerprint density at radius 3 is 2.90 bits per heavy atom.